The van der Waals surface area contributed by atoms with Crippen molar-refractivity contribution in [1.82, 2.24) is 4.90 Å². The summed E-state index contributed by atoms with van der Waals surface area (Å²) < 4.78 is 0. The molecule has 1 saturated carbocycles. The van der Waals surface area contributed by atoms with E-state index in [4.69, 9.17) is 5.73 Å². The number of nitrogens with two attached hydrogens (primary N) is 1. The van der Waals surface area contributed by atoms with E-state index in [9.17, 15) is 4.79 Å². The molecule has 1 aliphatic carbocycles. The van der Waals surface area contributed by atoms with Crippen LogP contribution >= 0.6 is 0 Å². The zero-order valence-electron chi connectivity index (χ0n) is 12.3. The summed E-state index contributed by atoms with van der Waals surface area (Å²) in [6.45, 7) is 5.27. The Morgan fingerprint density at radius 1 is 1.40 bits per heavy atom. The molecular formula is C17H22N2O. The number of carbonyl (C=O) groups is 1. The third kappa shape index (κ3) is 3.61. The first-order valence-electron chi connectivity index (χ1n) is 7.27. The van der Waals surface area contributed by atoms with E-state index in [1.807, 2.05) is 30.0 Å². The first-order valence-corrected chi connectivity index (χ1v) is 7.27. The van der Waals surface area contributed by atoms with E-state index in [1.54, 1.807) is 0 Å². The smallest absolute Gasteiger partial charge is 0.254 e. The van der Waals surface area contributed by atoms with Crippen molar-refractivity contribution in [3.8, 4) is 11.8 Å². The summed E-state index contributed by atoms with van der Waals surface area (Å²) in [6, 6.07) is 6.26. The van der Waals surface area contributed by atoms with Crippen LogP contribution in [0.1, 0.15) is 47.7 Å². The monoisotopic (exact) mass is 270 g/mol. The molecule has 0 atom stereocenters. The molecule has 0 unspecified atom stereocenters. The number of carbonyl (C=O) groups excluding carboxylic acids is 1. The van der Waals surface area contributed by atoms with Gasteiger partial charge < -0.3 is 10.6 Å². The molecule has 106 valence electrons. The lowest BCUT2D eigenvalue weighted by molar-refractivity contribution is 0.0743. The number of nitrogens with zero attached hydrogens (tertiary/aromatic N) is 1. The third-order valence-corrected chi connectivity index (χ3v) is 3.37. The van der Waals surface area contributed by atoms with E-state index in [0.717, 1.165) is 42.5 Å². The van der Waals surface area contributed by atoms with Crippen LogP contribution in [0.25, 0.3) is 0 Å². The highest BCUT2D eigenvalue weighted by atomic mass is 16.2. The van der Waals surface area contributed by atoms with Crippen molar-refractivity contribution in [2.75, 3.05) is 13.1 Å². The molecule has 0 heterocycles. The highest BCUT2D eigenvalue weighted by Crippen LogP contribution is 2.28. The second-order valence-corrected chi connectivity index (χ2v) is 5.32. The van der Waals surface area contributed by atoms with Crippen molar-refractivity contribution >= 4 is 5.91 Å². The molecule has 1 aromatic rings. The summed E-state index contributed by atoms with van der Waals surface area (Å²) in [7, 11) is 0. The van der Waals surface area contributed by atoms with Crippen LogP contribution in [-0.2, 0) is 0 Å². The zero-order chi connectivity index (χ0) is 14.5. The van der Waals surface area contributed by atoms with Crippen LogP contribution < -0.4 is 5.73 Å². The van der Waals surface area contributed by atoms with Crippen molar-refractivity contribution in [1.29, 1.82) is 0 Å². The van der Waals surface area contributed by atoms with Crippen molar-refractivity contribution < 1.29 is 4.79 Å². The Bertz CT molecular complexity index is 550. The van der Waals surface area contributed by atoms with Gasteiger partial charge in [-0.15, -0.1) is 0 Å². The molecule has 3 nitrogen and oxygen atoms in total. The third-order valence-electron chi connectivity index (χ3n) is 3.37. The number of amides is 1. The van der Waals surface area contributed by atoms with Crippen LogP contribution in [0.5, 0.6) is 0 Å². The molecule has 2 rings (SSSR count). The molecule has 0 aromatic heterocycles. The minimum absolute atomic E-state index is 0.133. The molecule has 0 aliphatic heterocycles. The number of aryl methyl sites for hydroxylation is 1. The van der Waals surface area contributed by atoms with E-state index in [0.29, 0.717) is 12.6 Å². The standard InChI is InChI=1S/C17H22N2O/c1-3-9-19(16-6-7-16)17(20)15-11-13(2)10-14(12-15)5-4-8-18/h10-12,16H,3,6-9,18H2,1-2H3. The van der Waals surface area contributed by atoms with Gasteiger partial charge in [-0.25, -0.2) is 0 Å². The molecule has 0 spiro atoms. The maximum atomic E-state index is 12.6. The molecule has 1 aliphatic rings. The van der Waals surface area contributed by atoms with E-state index in [2.05, 4.69) is 18.8 Å². The highest BCUT2D eigenvalue weighted by Gasteiger charge is 2.32. The molecular weight excluding hydrogens is 248 g/mol. The van der Waals surface area contributed by atoms with Gasteiger partial charge in [-0.2, -0.15) is 0 Å². The average molecular weight is 270 g/mol. The SMILES string of the molecule is CCCN(C(=O)c1cc(C)cc(C#CCN)c1)C1CC1. The van der Waals surface area contributed by atoms with Gasteiger partial charge in [0.2, 0.25) is 0 Å². The number of hydrogen-bond acceptors (Lipinski definition) is 2. The topological polar surface area (TPSA) is 46.3 Å². The first kappa shape index (κ1) is 14.6. The van der Waals surface area contributed by atoms with Gasteiger partial charge in [0.25, 0.3) is 5.91 Å². The maximum Gasteiger partial charge on any atom is 0.254 e. The van der Waals surface area contributed by atoms with Crippen molar-refractivity contribution in [2.24, 2.45) is 5.73 Å². The molecule has 2 N–H and O–H groups in total. The lowest BCUT2D eigenvalue weighted by Crippen LogP contribution is -2.33. The van der Waals surface area contributed by atoms with Gasteiger partial charge in [0.15, 0.2) is 0 Å². The number of benzene rings is 1. The van der Waals surface area contributed by atoms with Crippen LogP contribution in [0.3, 0.4) is 0 Å². The van der Waals surface area contributed by atoms with Crippen LogP contribution in [-0.4, -0.2) is 29.9 Å². The highest BCUT2D eigenvalue weighted by molar-refractivity contribution is 5.95. The lowest BCUT2D eigenvalue weighted by atomic mass is 10.1. The average Bonchev–Trinajstić information content (AvgIpc) is 3.25. The first-order chi connectivity index (χ1) is 9.65. The van der Waals surface area contributed by atoms with Gasteiger partial charge in [0, 0.05) is 23.7 Å². The maximum absolute atomic E-state index is 12.6. The molecule has 1 fully saturated rings. The Hall–Kier alpha value is -1.79. The van der Waals surface area contributed by atoms with Crippen molar-refractivity contribution in [2.45, 2.75) is 39.2 Å². The van der Waals surface area contributed by atoms with Crippen LogP contribution in [0.4, 0.5) is 0 Å². The second-order valence-electron chi connectivity index (χ2n) is 5.32. The Balaban J connectivity index is 2.26. The van der Waals surface area contributed by atoms with Gasteiger partial charge in [0.05, 0.1) is 6.54 Å². The molecule has 0 saturated heterocycles. The fraction of sp³-hybridized carbons (Fsp3) is 0.471. The van der Waals surface area contributed by atoms with Gasteiger partial charge in [-0.3, -0.25) is 4.79 Å². The Morgan fingerprint density at radius 2 is 2.15 bits per heavy atom. The van der Waals surface area contributed by atoms with Gasteiger partial charge in [-0.05, 0) is 49.9 Å². The molecule has 1 amide bonds. The summed E-state index contributed by atoms with van der Waals surface area (Å²) in [4.78, 5) is 14.7. The van der Waals surface area contributed by atoms with Crippen molar-refractivity contribution in [3.63, 3.8) is 0 Å². The predicted octanol–water partition coefficient (Wildman–Crippen LogP) is 2.32. The summed E-state index contributed by atoms with van der Waals surface area (Å²) in [6.07, 6.45) is 3.27. The Labute approximate surface area is 121 Å². The Kier molecular flexibility index (Phi) is 4.81. The molecule has 0 bridgehead atoms. The lowest BCUT2D eigenvalue weighted by Gasteiger charge is -2.22. The van der Waals surface area contributed by atoms with Crippen LogP contribution in [0, 0.1) is 18.8 Å². The normalized spacial score (nSPS) is 13.6. The minimum atomic E-state index is 0.133. The summed E-state index contributed by atoms with van der Waals surface area (Å²) >= 11 is 0. The Morgan fingerprint density at radius 3 is 2.75 bits per heavy atom. The van der Waals surface area contributed by atoms with Gasteiger partial charge >= 0.3 is 0 Å². The minimum Gasteiger partial charge on any atom is -0.336 e. The van der Waals surface area contributed by atoms with Gasteiger partial charge in [0.1, 0.15) is 0 Å². The number of rotatable bonds is 4. The number of hydrogen-bond donors (Lipinski definition) is 1. The predicted molar refractivity (Wildman–Crippen MR) is 81.5 cm³/mol. The quantitative estimate of drug-likeness (QED) is 0.853. The van der Waals surface area contributed by atoms with E-state index in [1.165, 1.54) is 0 Å². The second kappa shape index (κ2) is 6.58. The fourth-order valence-electron chi connectivity index (χ4n) is 2.37. The molecule has 3 heteroatoms. The summed E-state index contributed by atoms with van der Waals surface area (Å²) in [5, 5.41) is 0. The fourth-order valence-corrected chi connectivity index (χ4v) is 2.37. The zero-order valence-corrected chi connectivity index (χ0v) is 12.3. The summed E-state index contributed by atoms with van der Waals surface area (Å²) in [5.41, 5.74) is 8.07. The largest absolute Gasteiger partial charge is 0.336 e. The molecule has 0 radical (unpaired) electrons. The summed E-state index contributed by atoms with van der Waals surface area (Å²) in [5.74, 6) is 5.98. The van der Waals surface area contributed by atoms with E-state index in [-0.39, 0.29) is 5.91 Å². The molecule has 1 aromatic carbocycles. The van der Waals surface area contributed by atoms with Crippen LogP contribution in [0.2, 0.25) is 0 Å². The molecule has 20 heavy (non-hydrogen) atoms. The van der Waals surface area contributed by atoms with Crippen LogP contribution in [0.15, 0.2) is 18.2 Å². The van der Waals surface area contributed by atoms with E-state index >= 15 is 0 Å². The van der Waals surface area contributed by atoms with Crippen molar-refractivity contribution in [3.05, 3.63) is 34.9 Å². The van der Waals surface area contributed by atoms with E-state index < -0.39 is 0 Å². The van der Waals surface area contributed by atoms with Gasteiger partial charge in [-0.1, -0.05) is 18.8 Å².